The zero-order valence-electron chi connectivity index (χ0n) is 9.72. The van der Waals surface area contributed by atoms with Gasteiger partial charge in [0.1, 0.15) is 0 Å². The summed E-state index contributed by atoms with van der Waals surface area (Å²) >= 11 is 9.88. The molecule has 0 N–H and O–H groups in total. The highest BCUT2D eigenvalue weighted by molar-refractivity contribution is 9.09. The average molecular weight is 294 g/mol. The number of halogens is 2. The van der Waals surface area contributed by atoms with Crippen LogP contribution in [0, 0.1) is 5.92 Å². The molecule has 4 heteroatoms. The average Bonchev–Trinajstić information content (AvgIpc) is 2.44. The molecular formula is C11H18BrClN2. The van der Waals surface area contributed by atoms with Gasteiger partial charge in [-0.2, -0.15) is 5.10 Å². The van der Waals surface area contributed by atoms with Crippen molar-refractivity contribution < 1.29 is 0 Å². The van der Waals surface area contributed by atoms with Crippen LogP contribution in [-0.2, 0) is 19.9 Å². The lowest BCUT2D eigenvalue weighted by Crippen LogP contribution is -2.12. The molecule has 1 rings (SSSR count). The van der Waals surface area contributed by atoms with Crippen LogP contribution in [0.3, 0.4) is 0 Å². The van der Waals surface area contributed by atoms with E-state index < -0.39 is 0 Å². The predicted octanol–water partition coefficient (Wildman–Crippen LogP) is 3.60. The third kappa shape index (κ3) is 2.97. The van der Waals surface area contributed by atoms with Crippen molar-refractivity contribution in [1.82, 2.24) is 9.78 Å². The molecule has 0 aromatic carbocycles. The monoisotopic (exact) mass is 292 g/mol. The molecular weight excluding hydrogens is 275 g/mol. The Morgan fingerprint density at radius 3 is 2.47 bits per heavy atom. The first kappa shape index (κ1) is 13.0. The fourth-order valence-electron chi connectivity index (χ4n) is 1.51. The summed E-state index contributed by atoms with van der Waals surface area (Å²) < 4.78 is 1.91. The van der Waals surface area contributed by atoms with Gasteiger partial charge < -0.3 is 0 Å². The van der Waals surface area contributed by atoms with Gasteiger partial charge >= 0.3 is 0 Å². The van der Waals surface area contributed by atoms with E-state index in [0.29, 0.717) is 10.7 Å². The number of nitrogens with zero attached hydrogens (tertiary/aromatic N) is 2. The summed E-state index contributed by atoms with van der Waals surface area (Å²) in [6, 6.07) is 0. The van der Waals surface area contributed by atoms with Crippen molar-refractivity contribution in [3.63, 3.8) is 0 Å². The van der Waals surface area contributed by atoms with E-state index in [1.165, 1.54) is 0 Å². The fraction of sp³-hybridized carbons (Fsp3) is 0.727. The van der Waals surface area contributed by atoms with Gasteiger partial charge in [0.25, 0.3) is 0 Å². The third-order valence-corrected chi connectivity index (χ3v) is 4.14. The predicted molar refractivity (Wildman–Crippen MR) is 68.9 cm³/mol. The number of alkyl halides is 1. The van der Waals surface area contributed by atoms with Crippen LogP contribution >= 0.6 is 27.5 Å². The van der Waals surface area contributed by atoms with Crippen molar-refractivity contribution in [3.8, 4) is 0 Å². The Balaban J connectivity index is 2.89. The molecule has 1 heterocycles. The molecule has 1 aromatic rings. The highest BCUT2D eigenvalue weighted by atomic mass is 79.9. The highest BCUT2D eigenvalue weighted by Crippen LogP contribution is 2.25. The number of aryl methyl sites for hydroxylation is 2. The summed E-state index contributed by atoms with van der Waals surface area (Å²) in [5, 5.41) is 5.26. The minimum Gasteiger partial charge on any atom is -0.271 e. The van der Waals surface area contributed by atoms with Crippen molar-refractivity contribution in [2.75, 3.05) is 0 Å². The summed E-state index contributed by atoms with van der Waals surface area (Å²) in [5.41, 5.74) is 2.15. The molecule has 0 spiro atoms. The van der Waals surface area contributed by atoms with Crippen molar-refractivity contribution in [2.45, 2.75) is 38.4 Å². The maximum absolute atomic E-state index is 6.28. The van der Waals surface area contributed by atoms with Crippen LogP contribution < -0.4 is 0 Å². The van der Waals surface area contributed by atoms with Crippen molar-refractivity contribution in [1.29, 1.82) is 0 Å². The van der Waals surface area contributed by atoms with Gasteiger partial charge in [0.05, 0.1) is 16.4 Å². The van der Waals surface area contributed by atoms with Gasteiger partial charge in [-0.15, -0.1) is 0 Å². The molecule has 2 unspecified atom stereocenters. The van der Waals surface area contributed by atoms with Gasteiger partial charge in [-0.1, -0.05) is 48.3 Å². The van der Waals surface area contributed by atoms with E-state index in [2.05, 4.69) is 41.8 Å². The first-order valence-electron chi connectivity index (χ1n) is 5.31. The van der Waals surface area contributed by atoms with Crippen molar-refractivity contribution in [3.05, 3.63) is 16.4 Å². The number of aromatic nitrogens is 2. The molecule has 2 nitrogen and oxygen atoms in total. The van der Waals surface area contributed by atoms with Crippen LogP contribution in [0.2, 0.25) is 5.02 Å². The minimum absolute atomic E-state index is 0.494. The number of hydrogen-bond donors (Lipinski definition) is 0. The Morgan fingerprint density at radius 1 is 1.47 bits per heavy atom. The molecule has 0 saturated carbocycles. The molecule has 0 aliphatic heterocycles. The van der Waals surface area contributed by atoms with Crippen LogP contribution in [-0.4, -0.2) is 14.6 Å². The molecule has 2 atom stereocenters. The van der Waals surface area contributed by atoms with E-state index in [1.807, 2.05) is 11.7 Å². The summed E-state index contributed by atoms with van der Waals surface area (Å²) in [6.45, 7) is 6.46. The molecule has 0 fully saturated rings. The molecule has 15 heavy (non-hydrogen) atoms. The van der Waals surface area contributed by atoms with Crippen LogP contribution in [0.1, 0.15) is 32.2 Å². The lowest BCUT2D eigenvalue weighted by atomic mass is 10.0. The summed E-state index contributed by atoms with van der Waals surface area (Å²) in [4.78, 5) is 0.494. The standard InChI is InChI=1S/C11H18BrClN2/c1-5-9-11(13)10(15(4)14-9)6-7(2)8(3)12/h7-8H,5-6H2,1-4H3. The Hall–Kier alpha value is -0.0200. The Kier molecular flexibility index (Phi) is 4.65. The first-order chi connectivity index (χ1) is 6.97. The summed E-state index contributed by atoms with van der Waals surface area (Å²) in [7, 11) is 1.96. The van der Waals surface area contributed by atoms with Gasteiger partial charge in [-0.3, -0.25) is 4.68 Å². The molecule has 1 aromatic heterocycles. The normalized spacial score (nSPS) is 15.3. The molecule has 0 saturated heterocycles. The Labute approximate surface area is 105 Å². The smallest absolute Gasteiger partial charge is 0.0849 e. The van der Waals surface area contributed by atoms with E-state index in [0.717, 1.165) is 29.3 Å². The minimum atomic E-state index is 0.494. The van der Waals surface area contributed by atoms with Crippen molar-refractivity contribution in [2.24, 2.45) is 13.0 Å². The number of rotatable bonds is 4. The first-order valence-corrected chi connectivity index (χ1v) is 6.61. The zero-order valence-corrected chi connectivity index (χ0v) is 12.1. The molecule has 0 radical (unpaired) electrons. The zero-order chi connectivity index (χ0) is 11.6. The van der Waals surface area contributed by atoms with E-state index in [4.69, 9.17) is 11.6 Å². The molecule has 86 valence electrons. The fourth-order valence-corrected chi connectivity index (χ4v) is 2.07. The van der Waals surface area contributed by atoms with Gasteiger partial charge in [0.2, 0.25) is 0 Å². The van der Waals surface area contributed by atoms with Crippen molar-refractivity contribution >= 4 is 27.5 Å². The van der Waals surface area contributed by atoms with Gasteiger partial charge in [-0.05, 0) is 18.8 Å². The second-order valence-electron chi connectivity index (χ2n) is 4.04. The van der Waals surface area contributed by atoms with E-state index in [-0.39, 0.29) is 0 Å². The Bertz CT molecular complexity index is 334. The maximum atomic E-state index is 6.28. The van der Waals surface area contributed by atoms with Gasteiger partial charge in [0, 0.05) is 11.9 Å². The molecule has 0 bridgehead atoms. The van der Waals surface area contributed by atoms with E-state index in [1.54, 1.807) is 0 Å². The van der Waals surface area contributed by atoms with E-state index >= 15 is 0 Å². The molecule has 0 aliphatic rings. The summed E-state index contributed by atoms with van der Waals surface area (Å²) in [6.07, 6.45) is 1.86. The topological polar surface area (TPSA) is 17.8 Å². The largest absolute Gasteiger partial charge is 0.271 e. The quantitative estimate of drug-likeness (QED) is 0.776. The number of hydrogen-bond acceptors (Lipinski definition) is 1. The van der Waals surface area contributed by atoms with Crippen LogP contribution in [0.4, 0.5) is 0 Å². The Morgan fingerprint density at radius 2 is 2.07 bits per heavy atom. The lowest BCUT2D eigenvalue weighted by Gasteiger charge is -2.14. The van der Waals surface area contributed by atoms with Crippen LogP contribution in [0.5, 0.6) is 0 Å². The highest BCUT2D eigenvalue weighted by Gasteiger charge is 2.17. The van der Waals surface area contributed by atoms with Gasteiger partial charge in [0.15, 0.2) is 0 Å². The second kappa shape index (κ2) is 5.35. The van der Waals surface area contributed by atoms with Gasteiger partial charge in [-0.25, -0.2) is 0 Å². The second-order valence-corrected chi connectivity index (χ2v) is 5.87. The summed E-state index contributed by atoms with van der Waals surface area (Å²) in [5.74, 6) is 0.558. The molecule has 0 amide bonds. The third-order valence-electron chi connectivity index (χ3n) is 2.80. The SMILES string of the molecule is CCc1nn(C)c(CC(C)C(C)Br)c1Cl. The lowest BCUT2D eigenvalue weighted by molar-refractivity contribution is 0.549. The van der Waals surface area contributed by atoms with E-state index in [9.17, 15) is 0 Å². The molecule has 0 aliphatic carbocycles. The maximum Gasteiger partial charge on any atom is 0.0849 e. The van der Waals surface area contributed by atoms with Crippen LogP contribution in [0.15, 0.2) is 0 Å². The van der Waals surface area contributed by atoms with Crippen LogP contribution in [0.25, 0.3) is 0 Å².